The Balaban J connectivity index is 3.35. The summed E-state index contributed by atoms with van der Waals surface area (Å²) >= 11 is 0. The zero-order chi connectivity index (χ0) is 15.4. The molecule has 0 spiro atoms. The fraction of sp³-hybridized carbons (Fsp3) is 1.00. The zero-order valence-corrected chi connectivity index (χ0v) is 14.3. The highest BCUT2D eigenvalue weighted by atomic mass is 31.2. The molecule has 0 amide bonds. The molecule has 1 rings (SSSR count). The summed E-state index contributed by atoms with van der Waals surface area (Å²) in [7, 11) is -5.06. The second-order valence-electron chi connectivity index (χ2n) is 4.99. The fourth-order valence-electron chi connectivity index (χ4n) is 3.07. The lowest BCUT2D eigenvalue weighted by Gasteiger charge is -2.42. The highest BCUT2D eigenvalue weighted by Crippen LogP contribution is 2.56. The molecule has 116 valence electrons. The number of aliphatic hydroxyl groups excluding tert-OH is 1. The minimum absolute atomic E-state index is 0.185. The van der Waals surface area contributed by atoms with E-state index in [1.54, 1.807) is 0 Å². The molecular formula is C12H24O6P2+2. The first-order valence-corrected chi connectivity index (χ1v) is 9.24. The summed E-state index contributed by atoms with van der Waals surface area (Å²) in [6.07, 6.45) is 2.23. The van der Waals surface area contributed by atoms with Crippen molar-refractivity contribution in [1.82, 2.24) is 0 Å². The van der Waals surface area contributed by atoms with Crippen LogP contribution in [0.15, 0.2) is 0 Å². The predicted molar refractivity (Wildman–Crippen MR) is 75.7 cm³/mol. The molecule has 8 heteroatoms. The van der Waals surface area contributed by atoms with E-state index in [9.17, 15) is 14.2 Å². The quantitative estimate of drug-likeness (QED) is 0.766. The third kappa shape index (κ3) is 3.27. The van der Waals surface area contributed by atoms with Crippen molar-refractivity contribution in [2.75, 3.05) is 6.61 Å². The molecule has 6 nitrogen and oxygen atoms in total. The Labute approximate surface area is 122 Å². The van der Waals surface area contributed by atoms with Crippen molar-refractivity contribution in [3.05, 3.63) is 0 Å². The molecule has 0 saturated carbocycles. The second-order valence-corrected chi connectivity index (χ2v) is 6.90. The first-order chi connectivity index (χ1) is 9.43. The standard InChI is InChI=1S/C12H24O6P2/c1-5-11(6-2)10(9-13)12(7-3,8-4)17-20(15)18-19(14)16-11/h10,13H,5-9H2,1-4H3/q+2. The van der Waals surface area contributed by atoms with Gasteiger partial charge in [-0.1, -0.05) is 27.7 Å². The number of hydrogen-bond donors (Lipinski definition) is 1. The van der Waals surface area contributed by atoms with Crippen LogP contribution in [-0.4, -0.2) is 22.9 Å². The van der Waals surface area contributed by atoms with Gasteiger partial charge in [0.05, 0.1) is 12.5 Å². The van der Waals surface area contributed by atoms with E-state index in [-0.39, 0.29) is 6.61 Å². The normalized spacial score (nSPS) is 29.8. The molecule has 1 N–H and O–H groups in total. The van der Waals surface area contributed by atoms with Crippen molar-refractivity contribution in [3.63, 3.8) is 0 Å². The number of aliphatic hydroxyl groups is 1. The van der Waals surface area contributed by atoms with Crippen LogP contribution in [0.25, 0.3) is 0 Å². The van der Waals surface area contributed by atoms with E-state index in [1.165, 1.54) is 0 Å². The molecule has 0 bridgehead atoms. The van der Waals surface area contributed by atoms with Crippen molar-refractivity contribution in [1.29, 1.82) is 0 Å². The van der Waals surface area contributed by atoms with Crippen molar-refractivity contribution >= 4 is 16.5 Å². The van der Waals surface area contributed by atoms with Crippen LogP contribution in [0.3, 0.4) is 0 Å². The van der Waals surface area contributed by atoms with Crippen molar-refractivity contribution in [2.24, 2.45) is 5.92 Å². The van der Waals surface area contributed by atoms with Gasteiger partial charge in [-0.25, -0.2) is 0 Å². The minimum atomic E-state index is -2.53. The zero-order valence-electron chi connectivity index (χ0n) is 12.5. The van der Waals surface area contributed by atoms with E-state index >= 15 is 0 Å². The predicted octanol–water partition coefficient (Wildman–Crippen LogP) is 4.09. The SMILES string of the molecule is CCC1(CC)O[P+](=O)O[P+](=O)OC(CC)(CC)C1CO. The summed E-state index contributed by atoms with van der Waals surface area (Å²) in [5.41, 5.74) is -1.63. The second kappa shape index (κ2) is 7.35. The van der Waals surface area contributed by atoms with Gasteiger partial charge in [-0.05, 0) is 25.7 Å². The maximum atomic E-state index is 11.8. The number of hydrogen-bond acceptors (Lipinski definition) is 6. The van der Waals surface area contributed by atoms with Crippen molar-refractivity contribution in [2.45, 2.75) is 64.6 Å². The molecule has 0 aromatic rings. The van der Waals surface area contributed by atoms with Crippen LogP contribution in [0.2, 0.25) is 0 Å². The molecule has 0 aromatic heterocycles. The van der Waals surface area contributed by atoms with E-state index < -0.39 is 33.6 Å². The van der Waals surface area contributed by atoms with Gasteiger partial charge >= 0.3 is 16.5 Å². The molecule has 1 fully saturated rings. The molecule has 0 aromatic carbocycles. The number of rotatable bonds is 5. The first kappa shape index (κ1) is 18.1. The van der Waals surface area contributed by atoms with Gasteiger partial charge in [0.25, 0.3) is 0 Å². The third-order valence-electron chi connectivity index (χ3n) is 4.49. The first-order valence-electron chi connectivity index (χ1n) is 7.05. The molecule has 2 atom stereocenters. The fourth-order valence-corrected chi connectivity index (χ4v) is 5.13. The van der Waals surface area contributed by atoms with Gasteiger partial charge in [0.2, 0.25) is 0 Å². The summed E-state index contributed by atoms with van der Waals surface area (Å²) < 4.78 is 39.5. The Morgan fingerprint density at radius 1 is 0.900 bits per heavy atom. The van der Waals surface area contributed by atoms with Crippen LogP contribution >= 0.6 is 16.5 Å². The van der Waals surface area contributed by atoms with E-state index in [0.717, 1.165) is 0 Å². The van der Waals surface area contributed by atoms with Crippen LogP contribution in [0, 0.1) is 5.92 Å². The van der Waals surface area contributed by atoms with E-state index in [1.807, 2.05) is 27.7 Å². The summed E-state index contributed by atoms with van der Waals surface area (Å²) in [4.78, 5) is 0. The average Bonchev–Trinajstić information content (AvgIpc) is 2.43. The van der Waals surface area contributed by atoms with Crippen LogP contribution < -0.4 is 0 Å². The molecule has 1 saturated heterocycles. The van der Waals surface area contributed by atoms with Crippen molar-refractivity contribution < 1.29 is 27.6 Å². The molecule has 1 aliphatic rings. The lowest BCUT2D eigenvalue weighted by Crippen LogP contribution is -2.54. The topological polar surface area (TPSA) is 82.1 Å². The van der Waals surface area contributed by atoms with Crippen LogP contribution in [0.5, 0.6) is 0 Å². The summed E-state index contributed by atoms with van der Waals surface area (Å²) in [6, 6.07) is 0. The van der Waals surface area contributed by atoms with Gasteiger partial charge in [-0.3, -0.25) is 0 Å². The minimum Gasteiger partial charge on any atom is -0.396 e. The van der Waals surface area contributed by atoms with Gasteiger partial charge in [-0.15, -0.1) is 9.05 Å². The Morgan fingerprint density at radius 3 is 1.50 bits per heavy atom. The maximum absolute atomic E-state index is 11.8. The van der Waals surface area contributed by atoms with Crippen molar-refractivity contribution in [3.8, 4) is 0 Å². The molecule has 1 heterocycles. The lowest BCUT2D eigenvalue weighted by molar-refractivity contribution is -0.131. The Kier molecular flexibility index (Phi) is 6.65. The molecule has 2 unspecified atom stereocenters. The van der Waals surface area contributed by atoms with Gasteiger partial charge in [-0.2, -0.15) is 0 Å². The van der Waals surface area contributed by atoms with Crippen LogP contribution in [-0.2, 0) is 22.5 Å². The highest BCUT2D eigenvalue weighted by Gasteiger charge is 2.62. The monoisotopic (exact) mass is 326 g/mol. The Morgan fingerprint density at radius 2 is 1.25 bits per heavy atom. The van der Waals surface area contributed by atoms with Crippen LogP contribution in [0.4, 0.5) is 0 Å². The summed E-state index contributed by atoms with van der Waals surface area (Å²) in [6.45, 7) is 7.45. The van der Waals surface area contributed by atoms with E-state index in [2.05, 4.69) is 0 Å². The Bertz CT molecular complexity index is 333. The highest BCUT2D eigenvalue weighted by molar-refractivity contribution is 7.47. The van der Waals surface area contributed by atoms with E-state index in [4.69, 9.17) is 13.4 Å². The lowest BCUT2D eigenvalue weighted by atomic mass is 9.70. The summed E-state index contributed by atoms with van der Waals surface area (Å²) in [5.74, 6) is -0.415. The van der Waals surface area contributed by atoms with Gasteiger partial charge in [0.15, 0.2) is 4.31 Å². The van der Waals surface area contributed by atoms with E-state index in [0.29, 0.717) is 25.7 Å². The largest absolute Gasteiger partial charge is 0.748 e. The van der Waals surface area contributed by atoms with Gasteiger partial charge in [0, 0.05) is 9.13 Å². The third-order valence-corrected chi connectivity index (χ3v) is 6.58. The maximum Gasteiger partial charge on any atom is 0.748 e. The molecule has 1 aliphatic heterocycles. The average molecular weight is 326 g/mol. The molecular weight excluding hydrogens is 302 g/mol. The van der Waals surface area contributed by atoms with Gasteiger partial charge in [0.1, 0.15) is 11.2 Å². The molecule has 0 radical (unpaired) electrons. The molecule has 20 heavy (non-hydrogen) atoms. The summed E-state index contributed by atoms with van der Waals surface area (Å²) in [5, 5.41) is 9.89. The smallest absolute Gasteiger partial charge is 0.396 e. The van der Waals surface area contributed by atoms with Crippen LogP contribution in [0.1, 0.15) is 53.4 Å². The molecule has 0 aliphatic carbocycles. The van der Waals surface area contributed by atoms with Gasteiger partial charge < -0.3 is 5.11 Å². The Hall–Kier alpha value is 0.0400.